The van der Waals surface area contributed by atoms with Crippen molar-refractivity contribution in [2.75, 3.05) is 0 Å². The average Bonchev–Trinajstić information content (AvgIpc) is 2.51. The van der Waals surface area contributed by atoms with Gasteiger partial charge in [0.05, 0.1) is 0 Å². The first kappa shape index (κ1) is 23.3. The van der Waals surface area contributed by atoms with E-state index in [0.717, 1.165) is 25.1 Å². The van der Waals surface area contributed by atoms with Crippen LogP contribution in [0.5, 0.6) is 5.75 Å². The lowest BCUT2D eigenvalue weighted by Gasteiger charge is -2.32. The normalized spacial score (nSPS) is 13.5. The topological polar surface area (TPSA) is 9.23 Å². The fraction of sp³-hybridized carbons (Fsp3) is 0.294. The van der Waals surface area contributed by atoms with E-state index in [-0.39, 0.29) is 10.0 Å². The molecule has 0 spiro atoms. The van der Waals surface area contributed by atoms with Crippen molar-refractivity contribution in [3.05, 3.63) is 52.0 Å². The van der Waals surface area contributed by atoms with Gasteiger partial charge in [-0.2, -0.15) is 26.3 Å². The van der Waals surface area contributed by atoms with Gasteiger partial charge in [0.25, 0.3) is 0 Å². The number of rotatable bonds is 3. The van der Waals surface area contributed by atoms with Gasteiger partial charge in [-0.15, -0.1) is 13.2 Å². The van der Waals surface area contributed by atoms with Crippen LogP contribution in [0.4, 0.5) is 43.9 Å². The second-order valence-corrected chi connectivity index (χ2v) is 6.75. The number of halogens is 11. The fourth-order valence-corrected chi connectivity index (χ4v) is 3.40. The molecule has 0 saturated heterocycles. The molecule has 160 valence electrons. The molecule has 0 amide bonds. The van der Waals surface area contributed by atoms with Crippen molar-refractivity contribution in [3.63, 3.8) is 0 Å². The Bertz CT molecular complexity index is 867. The lowest BCUT2D eigenvalue weighted by molar-refractivity contribution is -0.348. The smallest absolute Gasteiger partial charge is 0.406 e. The Kier molecular flexibility index (Phi) is 5.92. The van der Waals surface area contributed by atoms with Crippen LogP contribution in [0.25, 0.3) is 11.1 Å². The quantitative estimate of drug-likeness (QED) is 0.395. The van der Waals surface area contributed by atoms with E-state index in [2.05, 4.69) is 20.7 Å². The summed E-state index contributed by atoms with van der Waals surface area (Å²) in [5.74, 6) is -0.760. The third-order valence-corrected chi connectivity index (χ3v) is 4.39. The Balaban J connectivity index is 2.75. The molecule has 0 atom stereocenters. The first-order valence-electron chi connectivity index (χ1n) is 7.46. The van der Waals surface area contributed by atoms with Crippen LogP contribution in [-0.2, 0) is 5.67 Å². The van der Waals surface area contributed by atoms with Gasteiger partial charge in [-0.05, 0) is 36.2 Å². The zero-order valence-electron chi connectivity index (χ0n) is 14.0. The van der Waals surface area contributed by atoms with Crippen molar-refractivity contribution in [1.82, 2.24) is 0 Å². The summed E-state index contributed by atoms with van der Waals surface area (Å²) < 4.78 is 134. The molecule has 0 fully saturated rings. The predicted molar refractivity (Wildman–Crippen MR) is 85.9 cm³/mol. The first-order chi connectivity index (χ1) is 13.0. The number of benzene rings is 2. The summed E-state index contributed by atoms with van der Waals surface area (Å²) in [5.41, 5.74) is -8.77. The number of alkyl halides is 10. The fourth-order valence-electron chi connectivity index (χ4n) is 2.60. The Morgan fingerprint density at radius 3 is 1.66 bits per heavy atom. The van der Waals surface area contributed by atoms with E-state index in [0.29, 0.717) is 18.2 Å². The molecule has 0 heterocycles. The predicted octanol–water partition coefficient (Wildman–Crippen LogP) is 7.61. The van der Waals surface area contributed by atoms with Gasteiger partial charge in [0.15, 0.2) is 0 Å². The number of ether oxygens (including phenoxy) is 1. The highest BCUT2D eigenvalue weighted by Gasteiger charge is 2.74. The van der Waals surface area contributed by atoms with E-state index >= 15 is 0 Å². The molecule has 0 aromatic heterocycles. The molecule has 12 heteroatoms. The van der Waals surface area contributed by atoms with Crippen molar-refractivity contribution in [1.29, 1.82) is 0 Å². The van der Waals surface area contributed by atoms with Crippen molar-refractivity contribution in [2.45, 2.75) is 31.3 Å². The molecule has 0 unspecified atom stereocenters. The summed E-state index contributed by atoms with van der Waals surface area (Å²) in [4.78, 5) is 0. The Morgan fingerprint density at radius 1 is 0.759 bits per heavy atom. The van der Waals surface area contributed by atoms with Gasteiger partial charge in [-0.25, -0.2) is 4.39 Å². The van der Waals surface area contributed by atoms with Gasteiger partial charge in [0.1, 0.15) is 5.75 Å². The zero-order chi connectivity index (χ0) is 22.4. The van der Waals surface area contributed by atoms with Crippen LogP contribution in [0.1, 0.15) is 11.1 Å². The number of hydrogen-bond donors (Lipinski definition) is 0. The standard InChI is InChI=1S/C17H9BrF10O/c1-8-6-11(14(19,15(20,21)22)16(23,24)25)13(12(18)7-8)9-2-4-10(5-3-9)29-17(26,27)28/h2-7H,1H3. The van der Waals surface area contributed by atoms with Gasteiger partial charge in [-0.3, -0.25) is 0 Å². The molecule has 0 aliphatic rings. The average molecular weight is 499 g/mol. The molecule has 0 saturated carbocycles. The van der Waals surface area contributed by atoms with Gasteiger partial charge in [0, 0.05) is 15.6 Å². The number of hydrogen-bond acceptors (Lipinski definition) is 1. The van der Waals surface area contributed by atoms with Crippen LogP contribution in [0.2, 0.25) is 0 Å². The third-order valence-electron chi connectivity index (χ3n) is 3.76. The summed E-state index contributed by atoms with van der Waals surface area (Å²) in [5, 5.41) is 0. The zero-order valence-corrected chi connectivity index (χ0v) is 15.6. The highest BCUT2D eigenvalue weighted by atomic mass is 79.9. The van der Waals surface area contributed by atoms with Crippen molar-refractivity contribution in [2.24, 2.45) is 0 Å². The molecule has 29 heavy (non-hydrogen) atoms. The van der Waals surface area contributed by atoms with Crippen molar-refractivity contribution >= 4 is 15.9 Å². The minimum atomic E-state index is -6.35. The lowest BCUT2D eigenvalue weighted by Crippen LogP contribution is -2.50. The lowest BCUT2D eigenvalue weighted by atomic mass is 9.86. The van der Waals surface area contributed by atoms with Crippen molar-refractivity contribution < 1.29 is 48.6 Å². The molecule has 2 rings (SSSR count). The summed E-state index contributed by atoms with van der Waals surface area (Å²) in [6.07, 6.45) is -17.8. The molecule has 2 aromatic carbocycles. The van der Waals surface area contributed by atoms with Crippen LogP contribution >= 0.6 is 15.9 Å². The molecule has 0 aliphatic heterocycles. The van der Waals surface area contributed by atoms with Gasteiger partial charge in [0.2, 0.25) is 0 Å². The van der Waals surface area contributed by atoms with Crippen LogP contribution in [-0.4, -0.2) is 18.7 Å². The van der Waals surface area contributed by atoms with Crippen LogP contribution in [0.3, 0.4) is 0 Å². The van der Waals surface area contributed by atoms with Crippen LogP contribution in [0.15, 0.2) is 40.9 Å². The van der Waals surface area contributed by atoms with Gasteiger partial charge < -0.3 is 4.74 Å². The second-order valence-electron chi connectivity index (χ2n) is 5.90. The van der Waals surface area contributed by atoms with Crippen molar-refractivity contribution in [3.8, 4) is 16.9 Å². The molecule has 0 aliphatic carbocycles. The number of aryl methyl sites for hydroxylation is 1. The Labute approximate surface area is 165 Å². The maximum atomic E-state index is 14.7. The van der Waals surface area contributed by atoms with Crippen LogP contribution in [0, 0.1) is 6.92 Å². The van der Waals surface area contributed by atoms with E-state index in [4.69, 9.17) is 0 Å². The third kappa shape index (κ3) is 4.62. The molecule has 0 N–H and O–H groups in total. The Morgan fingerprint density at radius 2 is 1.24 bits per heavy atom. The van der Waals surface area contributed by atoms with E-state index in [1.54, 1.807) is 0 Å². The molecule has 2 aromatic rings. The molecule has 1 nitrogen and oxygen atoms in total. The minimum absolute atomic E-state index is 0.108. The van der Waals surface area contributed by atoms with Gasteiger partial charge in [-0.1, -0.05) is 34.1 Å². The van der Waals surface area contributed by atoms with E-state index in [1.807, 2.05) is 0 Å². The summed E-state index contributed by atoms with van der Waals surface area (Å²) in [6, 6.07) is 4.47. The summed E-state index contributed by atoms with van der Waals surface area (Å²) >= 11 is 2.82. The maximum absolute atomic E-state index is 14.7. The molecular weight excluding hydrogens is 490 g/mol. The van der Waals surface area contributed by atoms with Crippen LogP contribution < -0.4 is 4.74 Å². The highest BCUT2D eigenvalue weighted by Crippen LogP contribution is 2.56. The molecule has 0 radical (unpaired) electrons. The summed E-state index contributed by atoms with van der Waals surface area (Å²) in [6.45, 7) is 1.16. The largest absolute Gasteiger partial charge is 0.573 e. The SMILES string of the molecule is Cc1cc(Br)c(-c2ccc(OC(F)(F)F)cc2)c(C(F)(C(F)(F)F)C(F)(F)F)c1. The molecular formula is C17H9BrF10O. The maximum Gasteiger partial charge on any atom is 0.573 e. The first-order valence-corrected chi connectivity index (χ1v) is 8.26. The van der Waals surface area contributed by atoms with E-state index in [9.17, 15) is 43.9 Å². The molecule has 0 bridgehead atoms. The van der Waals surface area contributed by atoms with E-state index < -0.39 is 46.8 Å². The minimum Gasteiger partial charge on any atom is -0.406 e. The second kappa shape index (κ2) is 7.37. The van der Waals surface area contributed by atoms with Gasteiger partial charge >= 0.3 is 24.4 Å². The Hall–Kier alpha value is -1.98. The highest BCUT2D eigenvalue weighted by molar-refractivity contribution is 9.10. The van der Waals surface area contributed by atoms with E-state index in [1.165, 1.54) is 0 Å². The monoisotopic (exact) mass is 498 g/mol. The summed E-state index contributed by atoms with van der Waals surface area (Å²) in [7, 11) is 0.